The number of aromatic nitrogens is 6. The Hall–Kier alpha value is -7.05. The number of halogens is 1. The summed E-state index contributed by atoms with van der Waals surface area (Å²) in [5.74, 6) is 22.1. The maximum atomic E-state index is 5.51. The van der Waals surface area contributed by atoms with Crippen LogP contribution in [0.3, 0.4) is 0 Å². The number of rotatable bonds is 8. The van der Waals surface area contributed by atoms with Gasteiger partial charge in [0.15, 0.2) is 0 Å². The van der Waals surface area contributed by atoms with Crippen molar-refractivity contribution in [1.82, 2.24) is 29.9 Å². The minimum absolute atomic E-state index is 0. The number of hydrogen-bond donors (Lipinski definition) is 0. The van der Waals surface area contributed by atoms with Gasteiger partial charge in [-0.25, -0.2) is 9.97 Å². The number of allylic oxidation sites excluding steroid dienone is 2. The average Bonchev–Trinajstić information content (AvgIpc) is 3.27. The van der Waals surface area contributed by atoms with Crippen LogP contribution in [0.1, 0.15) is 73.5 Å². The van der Waals surface area contributed by atoms with E-state index in [1.807, 2.05) is 84.9 Å². The lowest BCUT2D eigenvalue weighted by Crippen LogP contribution is -1.95. The number of pyridine rings is 6. The summed E-state index contributed by atoms with van der Waals surface area (Å²) >= 11 is 2.17. The van der Waals surface area contributed by atoms with Gasteiger partial charge in [0.1, 0.15) is 20.9 Å². The average molecular weight is 875 g/mol. The lowest BCUT2D eigenvalue weighted by atomic mass is 10.2. The Morgan fingerprint density at radius 1 is 0.569 bits per heavy atom. The molecule has 9 heteroatoms. The quantitative estimate of drug-likeness (QED) is 0.0848. The highest BCUT2D eigenvalue weighted by Gasteiger charge is 1.95. The fourth-order valence-electron chi connectivity index (χ4n) is 4.11. The van der Waals surface area contributed by atoms with E-state index < -0.39 is 0 Å². The van der Waals surface area contributed by atoms with Gasteiger partial charge >= 0.3 is 0 Å². The van der Waals surface area contributed by atoms with Crippen LogP contribution in [0.25, 0.3) is 12.2 Å². The minimum Gasteiger partial charge on any atom is -0.492 e. The molecule has 288 valence electrons. The Morgan fingerprint density at radius 2 is 1.10 bits per heavy atom. The van der Waals surface area contributed by atoms with Crippen molar-refractivity contribution in [1.29, 1.82) is 0 Å². The molecule has 0 aliphatic rings. The van der Waals surface area contributed by atoms with Crippen molar-refractivity contribution in [2.45, 2.75) is 34.1 Å². The summed E-state index contributed by atoms with van der Waals surface area (Å²) in [5, 5.41) is 0. The first-order valence-electron chi connectivity index (χ1n) is 17.9. The van der Waals surface area contributed by atoms with Gasteiger partial charge in [0.2, 0.25) is 0 Å². The van der Waals surface area contributed by atoms with Gasteiger partial charge in [-0.1, -0.05) is 56.8 Å². The molecular weight excluding hydrogens is 831 g/mol. The molecule has 6 aromatic heterocycles. The molecule has 0 spiro atoms. The fraction of sp³-hybridized carbons (Fsp3) is 0.143. The predicted octanol–water partition coefficient (Wildman–Crippen LogP) is 9.76. The molecule has 6 heterocycles. The molecule has 0 N–H and O–H groups in total. The Morgan fingerprint density at radius 3 is 1.53 bits per heavy atom. The zero-order valence-corrected chi connectivity index (χ0v) is 33.8. The van der Waals surface area contributed by atoms with Crippen LogP contribution < -0.4 is 9.47 Å². The van der Waals surface area contributed by atoms with E-state index >= 15 is 0 Å². The summed E-state index contributed by atoms with van der Waals surface area (Å²) in [5.41, 5.74) is 5.71. The molecular formula is C49H43IN6O2. The second-order valence-corrected chi connectivity index (χ2v) is 12.5. The van der Waals surface area contributed by atoms with E-state index in [4.69, 9.17) is 15.9 Å². The smallest absolute Gasteiger partial charge is 0.137 e. The Bertz CT molecular complexity index is 2380. The maximum Gasteiger partial charge on any atom is 0.137 e. The first-order chi connectivity index (χ1) is 28.0. The number of ether oxygens (including phenoxy) is 2. The van der Waals surface area contributed by atoms with Gasteiger partial charge in [0.05, 0.1) is 37.0 Å². The van der Waals surface area contributed by atoms with E-state index in [1.54, 1.807) is 61.7 Å². The van der Waals surface area contributed by atoms with Gasteiger partial charge in [0.25, 0.3) is 0 Å². The molecule has 0 aromatic carbocycles. The molecule has 0 aliphatic heterocycles. The second kappa shape index (κ2) is 27.5. The van der Waals surface area contributed by atoms with Gasteiger partial charge in [-0.15, -0.1) is 6.42 Å². The van der Waals surface area contributed by atoms with E-state index in [1.165, 1.54) is 0 Å². The van der Waals surface area contributed by atoms with Crippen molar-refractivity contribution in [3.8, 4) is 59.4 Å². The van der Waals surface area contributed by atoms with Crippen molar-refractivity contribution in [3.05, 3.63) is 178 Å². The third-order valence-corrected chi connectivity index (χ3v) is 7.53. The first-order valence-corrected chi connectivity index (χ1v) is 19.0. The number of terminal acetylenes is 1. The Kier molecular flexibility index (Phi) is 21.5. The lowest BCUT2D eigenvalue weighted by Gasteiger charge is -2.02. The van der Waals surface area contributed by atoms with Crippen LogP contribution in [0.2, 0.25) is 0 Å². The van der Waals surface area contributed by atoms with E-state index in [0.717, 1.165) is 68.3 Å². The molecule has 0 fully saturated rings. The summed E-state index contributed by atoms with van der Waals surface area (Å²) in [6.07, 6.45) is 28.2. The van der Waals surface area contributed by atoms with E-state index in [2.05, 4.69) is 108 Å². The highest BCUT2D eigenvalue weighted by atomic mass is 127. The predicted molar refractivity (Wildman–Crippen MR) is 242 cm³/mol. The topological polar surface area (TPSA) is 95.8 Å². The van der Waals surface area contributed by atoms with Crippen LogP contribution >= 0.6 is 22.6 Å². The molecule has 0 unspecified atom stereocenters. The molecule has 0 bridgehead atoms. The maximum absolute atomic E-state index is 5.51. The van der Waals surface area contributed by atoms with E-state index in [0.29, 0.717) is 12.3 Å². The van der Waals surface area contributed by atoms with Gasteiger partial charge < -0.3 is 9.47 Å². The SMILES string of the molecule is C.C#Cc1ccc(/C=C/C#Cc2cccnc2)nc1.CCCOc1ccc(C#Cc2ccc(/C=C/C#Cc3cccnc3)nc2)nc1.CCCOc1ccc(I)nc1. The van der Waals surface area contributed by atoms with Gasteiger partial charge in [-0.2, -0.15) is 0 Å². The van der Waals surface area contributed by atoms with Gasteiger partial charge in [0, 0.05) is 59.4 Å². The molecule has 0 aliphatic carbocycles. The van der Waals surface area contributed by atoms with Crippen LogP contribution in [-0.2, 0) is 0 Å². The normalized spacial score (nSPS) is 9.55. The molecule has 0 atom stereocenters. The third-order valence-electron chi connectivity index (χ3n) is 6.89. The summed E-state index contributed by atoms with van der Waals surface area (Å²) in [6.45, 7) is 5.61. The van der Waals surface area contributed by atoms with Crippen molar-refractivity contribution < 1.29 is 9.47 Å². The highest BCUT2D eigenvalue weighted by Crippen LogP contribution is 2.11. The van der Waals surface area contributed by atoms with Crippen LogP contribution in [0.15, 0.2) is 135 Å². The Balaban J connectivity index is 0.000000256. The first kappa shape index (κ1) is 45.3. The molecule has 0 saturated carbocycles. The summed E-state index contributed by atoms with van der Waals surface area (Å²) in [7, 11) is 0. The van der Waals surface area contributed by atoms with Crippen molar-refractivity contribution >= 4 is 34.7 Å². The summed E-state index contributed by atoms with van der Waals surface area (Å²) in [4.78, 5) is 24.9. The molecule has 0 saturated heterocycles. The third kappa shape index (κ3) is 18.5. The Labute approximate surface area is 356 Å². The molecule has 0 radical (unpaired) electrons. The molecule has 58 heavy (non-hydrogen) atoms. The highest BCUT2D eigenvalue weighted by molar-refractivity contribution is 14.1. The van der Waals surface area contributed by atoms with Crippen LogP contribution in [0, 0.1) is 51.6 Å². The van der Waals surface area contributed by atoms with Crippen LogP contribution in [-0.4, -0.2) is 43.1 Å². The fourth-order valence-corrected chi connectivity index (χ4v) is 4.43. The number of hydrogen-bond acceptors (Lipinski definition) is 8. The monoisotopic (exact) mass is 874 g/mol. The lowest BCUT2D eigenvalue weighted by molar-refractivity contribution is 0.316. The van der Waals surface area contributed by atoms with Crippen molar-refractivity contribution in [2.24, 2.45) is 0 Å². The zero-order valence-electron chi connectivity index (χ0n) is 31.6. The van der Waals surface area contributed by atoms with E-state index in [9.17, 15) is 0 Å². The van der Waals surface area contributed by atoms with Crippen LogP contribution in [0.5, 0.6) is 11.5 Å². The van der Waals surface area contributed by atoms with Gasteiger partial charge in [-0.05, 0) is 138 Å². The van der Waals surface area contributed by atoms with Crippen molar-refractivity contribution in [3.63, 3.8) is 0 Å². The van der Waals surface area contributed by atoms with Crippen LogP contribution in [0.4, 0.5) is 0 Å². The standard InChI is InChI=1S/C24H19N3O.C16H10N2.C8H10INO.CH4/c1-2-16-28-24-14-13-23(27-19-24)12-10-21-9-11-22(26-18-21)8-4-3-6-20-7-5-15-25-17-20;1-2-14-9-10-16(18-13-14)8-4-3-6-15-7-5-11-17-12-15;1-2-5-11-7-3-4-8(9)10-6-7;/h4-5,7-9,11,13-15,17-19H,2,16H2,1H3;1,4-5,7-13H;3-4,6H,2,5H2,1H3;1H4/b2*8-4+;;. The van der Waals surface area contributed by atoms with Gasteiger partial charge in [-0.3, -0.25) is 19.9 Å². The van der Waals surface area contributed by atoms with Crippen molar-refractivity contribution in [2.75, 3.05) is 13.2 Å². The van der Waals surface area contributed by atoms with E-state index in [-0.39, 0.29) is 7.43 Å². The summed E-state index contributed by atoms with van der Waals surface area (Å²) < 4.78 is 11.8. The zero-order chi connectivity index (χ0) is 40.2. The molecule has 0 amide bonds. The molecule has 6 rings (SSSR count). The number of nitrogens with zero attached hydrogens (tertiary/aromatic N) is 6. The second-order valence-electron chi connectivity index (χ2n) is 11.4. The largest absolute Gasteiger partial charge is 0.492 e. The minimum atomic E-state index is 0. The molecule has 8 nitrogen and oxygen atoms in total. The molecule has 6 aromatic rings. The summed E-state index contributed by atoms with van der Waals surface area (Å²) in [6, 6.07) is 22.7.